The molecule has 0 heterocycles. The first-order valence-electron chi connectivity index (χ1n) is 7.37. The lowest BCUT2D eigenvalue weighted by molar-refractivity contribution is 0.843. The molecule has 2 aromatic carbocycles. The molecule has 0 unspecified atom stereocenters. The van der Waals surface area contributed by atoms with Crippen LogP contribution in [-0.4, -0.2) is 19.0 Å². The van der Waals surface area contributed by atoms with Gasteiger partial charge in [-0.1, -0.05) is 60.2 Å². The van der Waals surface area contributed by atoms with Crippen LogP contribution >= 0.6 is 24.0 Å². The number of halogens is 1. The molecule has 2 rings (SSSR count). The summed E-state index contributed by atoms with van der Waals surface area (Å²) in [4.78, 5) is 4.35. The van der Waals surface area contributed by atoms with Gasteiger partial charge in [-0.15, -0.1) is 24.0 Å². The van der Waals surface area contributed by atoms with E-state index in [9.17, 15) is 0 Å². The van der Waals surface area contributed by atoms with Crippen LogP contribution in [0.3, 0.4) is 0 Å². The van der Waals surface area contributed by atoms with Gasteiger partial charge >= 0.3 is 0 Å². The highest BCUT2D eigenvalue weighted by atomic mass is 127. The number of hydrogen-bond acceptors (Lipinski definition) is 1. The molecule has 3 N–H and O–H groups in total. The van der Waals surface area contributed by atoms with E-state index in [-0.39, 0.29) is 24.0 Å². The van der Waals surface area contributed by atoms with Crippen molar-refractivity contribution >= 4 is 29.9 Å². The normalized spacial score (nSPS) is 10.9. The Morgan fingerprint density at radius 2 is 1.73 bits per heavy atom. The second kappa shape index (κ2) is 10.2. The molecule has 0 aliphatic carbocycles. The SMILES string of the molecule is Cc1cccc(CCNC(N)=NCCc2ccccc2)c1.I. The summed E-state index contributed by atoms with van der Waals surface area (Å²) in [7, 11) is 0. The van der Waals surface area contributed by atoms with Crippen molar-refractivity contribution in [2.24, 2.45) is 10.7 Å². The predicted molar refractivity (Wildman–Crippen MR) is 105 cm³/mol. The standard InChI is InChI=1S/C18H23N3.HI/c1-15-6-5-9-17(14-15)11-13-21-18(19)20-12-10-16-7-3-2-4-8-16;/h2-9,14H,10-13H2,1H3,(H3,19,20,21);1H. The van der Waals surface area contributed by atoms with E-state index in [1.165, 1.54) is 16.7 Å². The van der Waals surface area contributed by atoms with Crippen LogP contribution in [0.5, 0.6) is 0 Å². The summed E-state index contributed by atoms with van der Waals surface area (Å²) < 4.78 is 0. The molecule has 0 aliphatic rings. The molecule has 22 heavy (non-hydrogen) atoms. The molecule has 0 saturated heterocycles. The van der Waals surface area contributed by atoms with E-state index in [4.69, 9.17) is 5.73 Å². The van der Waals surface area contributed by atoms with Crippen molar-refractivity contribution in [3.8, 4) is 0 Å². The first-order chi connectivity index (χ1) is 10.2. The smallest absolute Gasteiger partial charge is 0.188 e. The summed E-state index contributed by atoms with van der Waals surface area (Å²) in [6, 6.07) is 18.9. The molecule has 3 nitrogen and oxygen atoms in total. The summed E-state index contributed by atoms with van der Waals surface area (Å²) in [6.45, 7) is 3.63. The summed E-state index contributed by atoms with van der Waals surface area (Å²) in [5, 5.41) is 3.16. The highest BCUT2D eigenvalue weighted by Crippen LogP contribution is 2.03. The summed E-state index contributed by atoms with van der Waals surface area (Å²) in [6.07, 6.45) is 1.87. The van der Waals surface area contributed by atoms with Gasteiger partial charge in [-0.3, -0.25) is 4.99 Å². The molecule has 0 bridgehead atoms. The van der Waals surface area contributed by atoms with Crippen LogP contribution in [0.2, 0.25) is 0 Å². The average Bonchev–Trinajstić information content (AvgIpc) is 2.48. The van der Waals surface area contributed by atoms with E-state index in [1.54, 1.807) is 0 Å². The quantitative estimate of drug-likeness (QED) is 0.437. The van der Waals surface area contributed by atoms with E-state index < -0.39 is 0 Å². The Balaban J connectivity index is 0.00000242. The Morgan fingerprint density at radius 3 is 2.45 bits per heavy atom. The Hall–Kier alpha value is -1.56. The molecule has 0 radical (unpaired) electrons. The second-order valence-electron chi connectivity index (χ2n) is 5.17. The fourth-order valence-corrected chi connectivity index (χ4v) is 2.21. The minimum Gasteiger partial charge on any atom is -0.370 e. The maximum Gasteiger partial charge on any atom is 0.188 e. The van der Waals surface area contributed by atoms with Gasteiger partial charge in [0.05, 0.1) is 0 Å². The number of aryl methyl sites for hydroxylation is 1. The van der Waals surface area contributed by atoms with E-state index in [0.29, 0.717) is 12.5 Å². The Kier molecular flexibility index (Phi) is 8.58. The van der Waals surface area contributed by atoms with Gasteiger partial charge in [0.25, 0.3) is 0 Å². The molecule has 0 fully saturated rings. The Labute approximate surface area is 150 Å². The van der Waals surface area contributed by atoms with Gasteiger partial charge in [0.1, 0.15) is 0 Å². The Bertz CT molecular complexity index is 582. The lowest BCUT2D eigenvalue weighted by atomic mass is 10.1. The van der Waals surface area contributed by atoms with Crippen LogP contribution in [0, 0.1) is 6.92 Å². The summed E-state index contributed by atoms with van der Waals surface area (Å²) in [5.41, 5.74) is 9.76. The van der Waals surface area contributed by atoms with Crippen molar-refractivity contribution < 1.29 is 0 Å². The summed E-state index contributed by atoms with van der Waals surface area (Å²) >= 11 is 0. The minimum absolute atomic E-state index is 0. The van der Waals surface area contributed by atoms with Crippen LogP contribution in [0.25, 0.3) is 0 Å². The van der Waals surface area contributed by atoms with Crippen LogP contribution in [0.4, 0.5) is 0 Å². The number of hydrogen-bond donors (Lipinski definition) is 2. The number of nitrogens with two attached hydrogens (primary N) is 1. The molecular formula is C18H24IN3. The van der Waals surface area contributed by atoms with Crippen LogP contribution < -0.4 is 11.1 Å². The molecular weight excluding hydrogens is 385 g/mol. The zero-order valence-electron chi connectivity index (χ0n) is 13.0. The van der Waals surface area contributed by atoms with Crippen LogP contribution in [-0.2, 0) is 12.8 Å². The Morgan fingerprint density at radius 1 is 1.00 bits per heavy atom. The van der Waals surface area contributed by atoms with Gasteiger partial charge in [0, 0.05) is 13.1 Å². The van der Waals surface area contributed by atoms with Gasteiger partial charge in [-0.05, 0) is 30.9 Å². The minimum atomic E-state index is 0. The zero-order valence-corrected chi connectivity index (χ0v) is 15.3. The monoisotopic (exact) mass is 409 g/mol. The van der Waals surface area contributed by atoms with Gasteiger partial charge in [0.2, 0.25) is 0 Å². The molecule has 0 aliphatic heterocycles. The van der Waals surface area contributed by atoms with E-state index >= 15 is 0 Å². The third kappa shape index (κ3) is 6.93. The van der Waals surface area contributed by atoms with E-state index in [1.807, 2.05) is 18.2 Å². The van der Waals surface area contributed by atoms with Crippen LogP contribution in [0.1, 0.15) is 16.7 Å². The molecule has 0 saturated carbocycles. The molecule has 4 heteroatoms. The fourth-order valence-electron chi connectivity index (χ4n) is 2.21. The van der Waals surface area contributed by atoms with E-state index in [2.05, 4.69) is 53.6 Å². The third-order valence-corrected chi connectivity index (χ3v) is 3.33. The topological polar surface area (TPSA) is 50.4 Å². The van der Waals surface area contributed by atoms with Crippen molar-refractivity contribution in [1.29, 1.82) is 0 Å². The van der Waals surface area contributed by atoms with Gasteiger partial charge in [-0.25, -0.2) is 0 Å². The number of nitrogens with one attached hydrogen (secondary N) is 1. The van der Waals surface area contributed by atoms with Crippen molar-refractivity contribution in [1.82, 2.24) is 5.32 Å². The maximum absolute atomic E-state index is 5.87. The molecule has 118 valence electrons. The maximum atomic E-state index is 5.87. The molecule has 2 aromatic rings. The predicted octanol–water partition coefficient (Wildman–Crippen LogP) is 3.30. The highest BCUT2D eigenvalue weighted by Gasteiger charge is 1.95. The van der Waals surface area contributed by atoms with Crippen molar-refractivity contribution in [3.63, 3.8) is 0 Å². The molecule has 0 amide bonds. The average molecular weight is 409 g/mol. The number of benzene rings is 2. The number of aliphatic imine (C=N–C) groups is 1. The summed E-state index contributed by atoms with van der Waals surface area (Å²) in [5.74, 6) is 0.526. The van der Waals surface area contributed by atoms with Gasteiger partial charge in [0.15, 0.2) is 5.96 Å². The lowest BCUT2D eigenvalue weighted by Crippen LogP contribution is -2.33. The largest absolute Gasteiger partial charge is 0.370 e. The first-order valence-corrected chi connectivity index (χ1v) is 7.37. The fraction of sp³-hybridized carbons (Fsp3) is 0.278. The molecule has 0 spiro atoms. The number of guanidine groups is 1. The number of nitrogens with zero attached hydrogens (tertiary/aromatic N) is 1. The van der Waals surface area contributed by atoms with Gasteiger partial charge in [-0.2, -0.15) is 0 Å². The second-order valence-corrected chi connectivity index (χ2v) is 5.17. The van der Waals surface area contributed by atoms with Gasteiger partial charge < -0.3 is 11.1 Å². The highest BCUT2D eigenvalue weighted by molar-refractivity contribution is 14.0. The zero-order chi connectivity index (χ0) is 14.9. The number of rotatable bonds is 6. The van der Waals surface area contributed by atoms with Crippen molar-refractivity contribution in [3.05, 3.63) is 71.3 Å². The first kappa shape index (κ1) is 18.5. The lowest BCUT2D eigenvalue weighted by Gasteiger charge is -2.06. The molecule has 0 atom stereocenters. The third-order valence-electron chi connectivity index (χ3n) is 3.33. The van der Waals surface area contributed by atoms with E-state index in [0.717, 1.165) is 19.4 Å². The van der Waals surface area contributed by atoms with Crippen molar-refractivity contribution in [2.75, 3.05) is 13.1 Å². The van der Waals surface area contributed by atoms with Crippen LogP contribution in [0.15, 0.2) is 59.6 Å². The molecule has 0 aromatic heterocycles. The van der Waals surface area contributed by atoms with Crippen molar-refractivity contribution in [2.45, 2.75) is 19.8 Å².